The minimum atomic E-state index is 0.0552. The molecule has 5 heteroatoms. The highest BCUT2D eigenvalue weighted by atomic mass is 32.1. The molecule has 0 bridgehead atoms. The molecule has 1 saturated heterocycles. The van der Waals surface area contributed by atoms with Crippen molar-refractivity contribution in [3.8, 4) is 0 Å². The fourth-order valence-corrected chi connectivity index (χ4v) is 5.36. The second-order valence-electron chi connectivity index (χ2n) is 7.84. The van der Waals surface area contributed by atoms with Crippen LogP contribution in [0.25, 0.3) is 10.2 Å². The molecule has 0 N–H and O–H groups in total. The number of nitrogens with zero attached hydrogens (tertiary/aromatic N) is 3. The van der Waals surface area contributed by atoms with Gasteiger partial charge in [-0.25, -0.2) is 4.98 Å². The highest BCUT2D eigenvalue weighted by Gasteiger charge is 2.38. The summed E-state index contributed by atoms with van der Waals surface area (Å²) in [6.45, 7) is 3.65. The maximum Gasteiger partial charge on any atom is 0.253 e. The van der Waals surface area contributed by atoms with Crippen LogP contribution < -0.4 is 0 Å². The second kappa shape index (κ2) is 6.69. The molecule has 1 aliphatic heterocycles. The SMILES string of the molecule is CC1CCCCN1C1CC(c2nc3ccc(C(=O)N(C)C)cc3s2)C1. The Morgan fingerprint density at radius 3 is 2.80 bits per heavy atom. The molecule has 2 aromatic rings. The van der Waals surface area contributed by atoms with E-state index in [0.29, 0.717) is 5.92 Å². The van der Waals surface area contributed by atoms with E-state index in [2.05, 4.69) is 11.8 Å². The first-order chi connectivity index (χ1) is 12.0. The standard InChI is InChI=1S/C20H27N3OS/c1-13-6-4-5-9-23(13)16-10-15(11-16)19-21-17-8-7-14(12-18(17)25-19)20(24)22(2)3/h7-8,12-13,15-16H,4-6,9-11H2,1-3H3. The van der Waals surface area contributed by atoms with Crippen molar-refractivity contribution in [3.05, 3.63) is 28.8 Å². The van der Waals surface area contributed by atoms with Crippen molar-refractivity contribution >= 4 is 27.5 Å². The Hall–Kier alpha value is -1.46. The van der Waals surface area contributed by atoms with Crippen molar-refractivity contribution in [1.29, 1.82) is 0 Å². The molecule has 2 aliphatic rings. The summed E-state index contributed by atoms with van der Waals surface area (Å²) in [4.78, 5) is 21.4. The predicted octanol–water partition coefficient (Wildman–Crippen LogP) is 4.12. The van der Waals surface area contributed by atoms with E-state index < -0.39 is 0 Å². The van der Waals surface area contributed by atoms with Crippen LogP contribution in [0.1, 0.15) is 60.3 Å². The third-order valence-electron chi connectivity index (χ3n) is 5.84. The molecule has 1 atom stereocenters. The van der Waals surface area contributed by atoms with E-state index in [1.165, 1.54) is 43.7 Å². The van der Waals surface area contributed by atoms with E-state index >= 15 is 0 Å². The van der Waals surface area contributed by atoms with Crippen LogP contribution in [-0.2, 0) is 0 Å². The minimum absolute atomic E-state index is 0.0552. The van der Waals surface area contributed by atoms with Gasteiger partial charge in [-0.15, -0.1) is 11.3 Å². The van der Waals surface area contributed by atoms with Gasteiger partial charge in [-0.2, -0.15) is 0 Å². The van der Waals surface area contributed by atoms with Gasteiger partial charge in [0, 0.05) is 37.7 Å². The van der Waals surface area contributed by atoms with Crippen LogP contribution in [-0.4, -0.2) is 53.4 Å². The Bertz CT molecular complexity index is 778. The molecule has 4 nitrogen and oxygen atoms in total. The molecule has 2 heterocycles. The molecule has 134 valence electrons. The Morgan fingerprint density at radius 1 is 1.28 bits per heavy atom. The smallest absolute Gasteiger partial charge is 0.253 e. The summed E-state index contributed by atoms with van der Waals surface area (Å²) in [7, 11) is 3.58. The van der Waals surface area contributed by atoms with E-state index in [-0.39, 0.29) is 5.91 Å². The molecule has 0 radical (unpaired) electrons. The lowest BCUT2D eigenvalue weighted by Crippen LogP contribution is -2.50. The van der Waals surface area contributed by atoms with E-state index in [1.54, 1.807) is 30.3 Å². The van der Waals surface area contributed by atoms with E-state index in [4.69, 9.17) is 4.98 Å². The fourth-order valence-electron chi connectivity index (χ4n) is 4.23. The van der Waals surface area contributed by atoms with Gasteiger partial charge < -0.3 is 4.90 Å². The summed E-state index contributed by atoms with van der Waals surface area (Å²) in [5.74, 6) is 0.657. The first-order valence-corrected chi connectivity index (χ1v) is 10.2. The quantitative estimate of drug-likeness (QED) is 0.829. The Morgan fingerprint density at radius 2 is 2.08 bits per heavy atom. The molecule has 1 aliphatic carbocycles. The van der Waals surface area contributed by atoms with Crippen molar-refractivity contribution in [2.45, 2.75) is 57.0 Å². The lowest BCUT2D eigenvalue weighted by Gasteiger charge is -2.47. The van der Waals surface area contributed by atoms with Crippen LogP contribution in [0, 0.1) is 0 Å². The largest absolute Gasteiger partial charge is 0.345 e. The average Bonchev–Trinajstić information content (AvgIpc) is 2.96. The van der Waals surface area contributed by atoms with Gasteiger partial charge in [-0.3, -0.25) is 9.69 Å². The Balaban J connectivity index is 1.47. The zero-order valence-electron chi connectivity index (χ0n) is 15.4. The number of hydrogen-bond acceptors (Lipinski definition) is 4. The molecule has 1 unspecified atom stereocenters. The number of carbonyl (C=O) groups excluding carboxylic acids is 1. The number of hydrogen-bond donors (Lipinski definition) is 0. The third-order valence-corrected chi connectivity index (χ3v) is 7.02. The summed E-state index contributed by atoms with van der Waals surface area (Å²) in [6.07, 6.45) is 6.58. The fraction of sp³-hybridized carbons (Fsp3) is 0.600. The Kier molecular flexibility index (Phi) is 4.54. The van der Waals surface area contributed by atoms with E-state index in [9.17, 15) is 4.79 Å². The van der Waals surface area contributed by atoms with Crippen molar-refractivity contribution in [2.75, 3.05) is 20.6 Å². The topological polar surface area (TPSA) is 36.4 Å². The number of benzene rings is 1. The highest BCUT2D eigenvalue weighted by Crippen LogP contribution is 2.44. The van der Waals surface area contributed by atoms with Crippen LogP contribution in [0.2, 0.25) is 0 Å². The molecular formula is C20H27N3OS. The molecule has 1 saturated carbocycles. The zero-order chi connectivity index (χ0) is 17.6. The van der Waals surface area contributed by atoms with Gasteiger partial charge >= 0.3 is 0 Å². The second-order valence-corrected chi connectivity index (χ2v) is 8.90. The number of carbonyl (C=O) groups is 1. The maximum absolute atomic E-state index is 12.1. The van der Waals surface area contributed by atoms with Crippen LogP contribution in [0.3, 0.4) is 0 Å². The number of fused-ring (bicyclic) bond motifs is 1. The summed E-state index contributed by atoms with van der Waals surface area (Å²) < 4.78 is 1.14. The van der Waals surface area contributed by atoms with Crippen molar-refractivity contribution < 1.29 is 4.79 Å². The molecule has 1 aromatic carbocycles. The number of likely N-dealkylation sites (tertiary alicyclic amines) is 1. The highest BCUT2D eigenvalue weighted by molar-refractivity contribution is 7.18. The third kappa shape index (κ3) is 3.20. The summed E-state index contributed by atoms with van der Waals surface area (Å²) in [6, 6.07) is 7.39. The zero-order valence-corrected chi connectivity index (χ0v) is 16.2. The lowest BCUT2D eigenvalue weighted by molar-refractivity contribution is 0.0480. The van der Waals surface area contributed by atoms with Crippen LogP contribution >= 0.6 is 11.3 Å². The van der Waals surface area contributed by atoms with Crippen molar-refractivity contribution in [2.24, 2.45) is 0 Å². The Labute approximate surface area is 153 Å². The van der Waals surface area contributed by atoms with Crippen molar-refractivity contribution in [3.63, 3.8) is 0 Å². The number of rotatable bonds is 3. The van der Waals surface area contributed by atoms with E-state index in [1.807, 2.05) is 18.2 Å². The number of piperidine rings is 1. The summed E-state index contributed by atoms with van der Waals surface area (Å²) in [5, 5.41) is 1.25. The molecule has 0 spiro atoms. The van der Waals surface area contributed by atoms with Crippen LogP contribution in [0.15, 0.2) is 18.2 Å². The molecule has 1 amide bonds. The van der Waals surface area contributed by atoms with Crippen LogP contribution in [0.5, 0.6) is 0 Å². The molecule has 1 aromatic heterocycles. The van der Waals surface area contributed by atoms with Gasteiger partial charge in [-0.05, 0) is 57.4 Å². The first-order valence-electron chi connectivity index (χ1n) is 9.41. The van der Waals surface area contributed by atoms with Gasteiger partial charge in [0.2, 0.25) is 0 Å². The van der Waals surface area contributed by atoms with Gasteiger partial charge in [0.15, 0.2) is 0 Å². The van der Waals surface area contributed by atoms with Crippen molar-refractivity contribution in [1.82, 2.24) is 14.8 Å². The average molecular weight is 358 g/mol. The summed E-state index contributed by atoms with van der Waals surface area (Å²) >= 11 is 1.77. The number of thiazole rings is 1. The van der Waals surface area contributed by atoms with Gasteiger partial charge in [0.05, 0.1) is 15.2 Å². The number of amides is 1. The van der Waals surface area contributed by atoms with Gasteiger partial charge in [0.25, 0.3) is 5.91 Å². The van der Waals surface area contributed by atoms with Crippen LogP contribution in [0.4, 0.5) is 0 Å². The monoisotopic (exact) mass is 357 g/mol. The van der Waals surface area contributed by atoms with Gasteiger partial charge in [-0.1, -0.05) is 6.42 Å². The molecule has 25 heavy (non-hydrogen) atoms. The predicted molar refractivity (Wildman–Crippen MR) is 103 cm³/mol. The lowest BCUT2D eigenvalue weighted by atomic mass is 9.78. The first kappa shape index (κ1) is 17.0. The van der Waals surface area contributed by atoms with Gasteiger partial charge in [0.1, 0.15) is 0 Å². The molecule has 2 fully saturated rings. The van der Waals surface area contributed by atoms with E-state index in [0.717, 1.165) is 27.9 Å². The summed E-state index contributed by atoms with van der Waals surface area (Å²) in [5.41, 5.74) is 1.78. The maximum atomic E-state index is 12.1. The normalized spacial score (nSPS) is 27.2. The molecular weight excluding hydrogens is 330 g/mol. The molecule has 4 rings (SSSR count). The minimum Gasteiger partial charge on any atom is -0.345 e. The number of aromatic nitrogens is 1.